The molecule has 0 amide bonds. The van der Waals surface area contributed by atoms with E-state index in [9.17, 15) is 0 Å². The fraction of sp³-hybridized carbons (Fsp3) is 0.467. The molecule has 0 aliphatic carbocycles. The Bertz CT molecular complexity index is 367. The molecule has 0 saturated carbocycles. The smallest absolute Gasteiger partial charge is 0.480 e. The second kappa shape index (κ2) is 9.34. The Balaban J connectivity index is 0. The van der Waals surface area contributed by atoms with Crippen molar-refractivity contribution in [2.45, 2.75) is 39.7 Å². The quantitative estimate of drug-likeness (QED) is 0.619. The average Bonchev–Trinajstić information content (AvgIpc) is 2.29. The van der Waals surface area contributed by atoms with Gasteiger partial charge in [0.05, 0.1) is 5.69 Å². The molecule has 0 spiro atoms. The first kappa shape index (κ1) is 21.7. The van der Waals surface area contributed by atoms with Crippen molar-refractivity contribution in [3.05, 3.63) is 49.5 Å². The van der Waals surface area contributed by atoms with Crippen molar-refractivity contribution in [1.82, 2.24) is 9.88 Å². The Labute approximate surface area is 144 Å². The minimum Gasteiger partial charge on any atom is -0.480 e. The van der Waals surface area contributed by atoms with Gasteiger partial charge < -0.3 is 17.7 Å². The van der Waals surface area contributed by atoms with E-state index in [1.54, 1.807) is 0 Å². The van der Waals surface area contributed by atoms with Crippen molar-refractivity contribution in [1.29, 1.82) is 0 Å². The van der Waals surface area contributed by atoms with Crippen molar-refractivity contribution in [3.63, 3.8) is 0 Å². The molecule has 2 nitrogen and oxygen atoms in total. The van der Waals surface area contributed by atoms with Gasteiger partial charge in [0, 0.05) is 33.3 Å². The second-order valence-corrected chi connectivity index (χ2v) is 5.19. The average molecular weight is 466 g/mol. The molecule has 0 bridgehead atoms. The molecule has 1 aromatic heterocycles. The molecular formula is C15H23N2VW-. The standard InChI is InChI=1S/C15H23N2.V.W/c1-7-17(6)11-13-9-8-10-14(16-13)15(4,5)12(2)3;;/h8-10H,1,6-7,11H2,2-5H3;;/q-3;+2;. The van der Waals surface area contributed by atoms with Gasteiger partial charge in [-0.3, -0.25) is 12.0 Å². The largest absolute Gasteiger partial charge is 2.00 e. The van der Waals surface area contributed by atoms with Crippen LogP contribution in [0.4, 0.5) is 0 Å². The van der Waals surface area contributed by atoms with Crippen LogP contribution in [0.2, 0.25) is 0 Å². The Morgan fingerprint density at radius 3 is 2.37 bits per heavy atom. The molecule has 1 aromatic rings. The van der Waals surface area contributed by atoms with Gasteiger partial charge in [-0.1, -0.05) is 19.9 Å². The van der Waals surface area contributed by atoms with E-state index in [1.165, 1.54) is 5.92 Å². The monoisotopic (exact) mass is 466 g/mol. The topological polar surface area (TPSA) is 16.1 Å². The SMILES string of the molecule is [CH2-]CN([CH2-])Cc1cccc(C(C)(C)[C-](C)C)n1.[V+2].[W]. The van der Waals surface area contributed by atoms with Crippen molar-refractivity contribution in [3.8, 4) is 0 Å². The predicted octanol–water partition coefficient (Wildman–Crippen LogP) is 3.40. The second-order valence-electron chi connectivity index (χ2n) is 5.19. The minimum atomic E-state index is 0. The van der Waals surface area contributed by atoms with Gasteiger partial charge in [0.2, 0.25) is 0 Å². The molecule has 1 rings (SSSR count). The van der Waals surface area contributed by atoms with Crippen LogP contribution in [-0.2, 0) is 51.6 Å². The molecule has 0 saturated heterocycles. The molecule has 0 fully saturated rings. The van der Waals surface area contributed by atoms with Crippen LogP contribution in [0.1, 0.15) is 39.1 Å². The molecule has 4 heteroatoms. The third kappa shape index (κ3) is 6.12. The zero-order valence-electron chi connectivity index (χ0n) is 12.3. The van der Waals surface area contributed by atoms with E-state index in [2.05, 4.69) is 53.8 Å². The zero-order valence-corrected chi connectivity index (χ0v) is 16.6. The van der Waals surface area contributed by atoms with Crippen molar-refractivity contribution >= 4 is 0 Å². The van der Waals surface area contributed by atoms with Crippen LogP contribution >= 0.6 is 0 Å². The number of aromatic nitrogens is 1. The van der Waals surface area contributed by atoms with Crippen LogP contribution in [-0.4, -0.2) is 16.4 Å². The zero-order chi connectivity index (χ0) is 13.1. The van der Waals surface area contributed by atoms with Crippen LogP contribution in [0.5, 0.6) is 0 Å². The van der Waals surface area contributed by atoms with Gasteiger partial charge in [-0.15, -0.1) is 5.41 Å². The number of rotatable bonds is 5. The van der Waals surface area contributed by atoms with Crippen molar-refractivity contribution in [2.75, 3.05) is 6.54 Å². The molecule has 0 aromatic carbocycles. The predicted molar refractivity (Wildman–Crippen MR) is 73.0 cm³/mol. The Kier molecular flexibility index (Phi) is 10.7. The minimum absolute atomic E-state index is 0. The fourth-order valence-corrected chi connectivity index (χ4v) is 1.48. The van der Waals surface area contributed by atoms with E-state index in [-0.39, 0.29) is 45.0 Å². The van der Waals surface area contributed by atoms with Crippen molar-refractivity contribution in [2.24, 2.45) is 0 Å². The number of hydrogen-bond donors (Lipinski definition) is 0. The van der Waals surface area contributed by atoms with Gasteiger partial charge >= 0.3 is 18.6 Å². The Hall–Kier alpha value is 0.383. The first-order valence-corrected chi connectivity index (χ1v) is 5.99. The summed E-state index contributed by atoms with van der Waals surface area (Å²) in [6.07, 6.45) is 0. The maximum absolute atomic E-state index is 4.72. The van der Waals surface area contributed by atoms with Crippen molar-refractivity contribution < 1.29 is 39.6 Å². The third-order valence-electron chi connectivity index (χ3n) is 3.40. The summed E-state index contributed by atoms with van der Waals surface area (Å²) in [6, 6.07) is 6.20. The maximum atomic E-state index is 4.72. The van der Waals surface area contributed by atoms with Gasteiger partial charge in [0.1, 0.15) is 0 Å². The van der Waals surface area contributed by atoms with Gasteiger partial charge in [-0.2, -0.15) is 20.4 Å². The Morgan fingerprint density at radius 1 is 1.32 bits per heavy atom. The van der Waals surface area contributed by atoms with E-state index in [4.69, 9.17) is 4.98 Å². The van der Waals surface area contributed by atoms with Crippen LogP contribution in [0.25, 0.3) is 0 Å². The summed E-state index contributed by atoms with van der Waals surface area (Å²) in [5, 5.41) is 0. The molecule has 0 aliphatic heterocycles. The van der Waals surface area contributed by atoms with Crippen LogP contribution in [0.3, 0.4) is 0 Å². The van der Waals surface area contributed by atoms with Gasteiger partial charge in [-0.25, -0.2) is 0 Å². The maximum Gasteiger partial charge on any atom is 2.00 e. The van der Waals surface area contributed by atoms with E-state index in [0.29, 0.717) is 6.54 Å². The van der Waals surface area contributed by atoms with Gasteiger partial charge in [0.15, 0.2) is 0 Å². The summed E-state index contributed by atoms with van der Waals surface area (Å²) >= 11 is 0. The number of pyridine rings is 1. The molecule has 1 heterocycles. The summed E-state index contributed by atoms with van der Waals surface area (Å²) in [4.78, 5) is 6.63. The normalized spacial score (nSPS) is 11.2. The van der Waals surface area contributed by atoms with Crippen LogP contribution in [0, 0.1) is 19.9 Å². The van der Waals surface area contributed by atoms with Gasteiger partial charge in [0.25, 0.3) is 0 Å². The Morgan fingerprint density at radius 2 is 1.89 bits per heavy atom. The van der Waals surface area contributed by atoms with Crippen LogP contribution in [0.15, 0.2) is 18.2 Å². The molecule has 0 atom stereocenters. The third-order valence-corrected chi connectivity index (χ3v) is 3.40. The molecule has 0 N–H and O–H groups in total. The summed E-state index contributed by atoms with van der Waals surface area (Å²) in [5.74, 6) is 1.37. The molecule has 0 unspecified atom stereocenters. The molecule has 19 heavy (non-hydrogen) atoms. The summed E-state index contributed by atoms with van der Waals surface area (Å²) in [6.45, 7) is 14.0. The first-order chi connectivity index (χ1) is 7.87. The van der Waals surface area contributed by atoms with E-state index >= 15 is 0 Å². The molecule has 0 aliphatic rings. The van der Waals surface area contributed by atoms with E-state index < -0.39 is 0 Å². The fourth-order valence-electron chi connectivity index (χ4n) is 1.48. The summed E-state index contributed by atoms with van der Waals surface area (Å²) in [5.41, 5.74) is 2.19. The van der Waals surface area contributed by atoms with Gasteiger partial charge in [-0.05, 0) is 12.1 Å². The summed E-state index contributed by atoms with van der Waals surface area (Å²) in [7, 11) is 3.90. The molecular weight excluding hydrogens is 443 g/mol. The number of hydrogen-bond acceptors (Lipinski definition) is 2. The summed E-state index contributed by atoms with van der Waals surface area (Å²) < 4.78 is 0. The molecule has 105 valence electrons. The van der Waals surface area contributed by atoms with E-state index in [0.717, 1.165) is 17.9 Å². The first-order valence-electron chi connectivity index (χ1n) is 5.99. The molecule has 1 radical (unpaired) electrons. The van der Waals surface area contributed by atoms with Crippen LogP contribution < -0.4 is 0 Å². The number of nitrogens with zero attached hydrogens (tertiary/aromatic N) is 2. The van der Waals surface area contributed by atoms with E-state index in [1.807, 2.05) is 11.0 Å².